The largest absolute Gasteiger partial charge is 0.310 e. The fourth-order valence-electron chi connectivity index (χ4n) is 3.21. The van der Waals surface area contributed by atoms with Gasteiger partial charge >= 0.3 is 0 Å². The van der Waals surface area contributed by atoms with E-state index in [4.69, 9.17) is 0 Å². The zero-order valence-electron chi connectivity index (χ0n) is 15.7. The number of pyridine rings is 1. The highest BCUT2D eigenvalue weighted by atomic mass is 32.2. The summed E-state index contributed by atoms with van der Waals surface area (Å²) in [5, 5.41) is 6.62. The molecule has 1 aliphatic heterocycles. The van der Waals surface area contributed by atoms with Gasteiger partial charge in [0, 0.05) is 29.6 Å². The molecule has 1 amide bonds. The molecule has 1 fully saturated rings. The molecule has 0 atom stereocenters. The summed E-state index contributed by atoms with van der Waals surface area (Å²) in [4.78, 5) is 19.7. The fourth-order valence-corrected chi connectivity index (χ4v) is 3.83. The smallest absolute Gasteiger partial charge is 0.239 e. The number of carbonyl (C=O) groups is 1. The lowest BCUT2D eigenvalue weighted by Crippen LogP contribution is -2.39. The quantitative estimate of drug-likeness (QED) is 0.667. The standard InChI is InChI=1S/C22H24FN3OS/c1-3-5-20(28-4-2)16-6-7-17-14-24-21(13-18(17)12-16)25-22(27)15-26-10-8-19(23)9-11-26/h3-7,12-14,19H,1-2,8-11,15H2,(H,24,25,27)/b20-5-. The molecule has 1 N–H and O–H groups in total. The minimum absolute atomic E-state index is 0.130. The van der Waals surface area contributed by atoms with E-state index in [1.54, 1.807) is 17.7 Å². The number of aromatic nitrogens is 1. The number of benzene rings is 1. The van der Waals surface area contributed by atoms with Crippen LogP contribution in [0, 0.1) is 0 Å². The third-order valence-electron chi connectivity index (χ3n) is 4.64. The van der Waals surface area contributed by atoms with Crippen LogP contribution in [0.25, 0.3) is 15.7 Å². The van der Waals surface area contributed by atoms with Gasteiger partial charge in [-0.25, -0.2) is 9.37 Å². The predicted molar refractivity (Wildman–Crippen MR) is 117 cm³/mol. The molecule has 1 aromatic heterocycles. The first-order chi connectivity index (χ1) is 13.6. The Morgan fingerprint density at radius 2 is 2.07 bits per heavy atom. The molecular weight excluding hydrogens is 373 g/mol. The summed E-state index contributed by atoms with van der Waals surface area (Å²) in [6.07, 6.45) is 5.69. The molecule has 0 spiro atoms. The molecule has 6 heteroatoms. The number of thioether (sulfide) groups is 1. The van der Waals surface area contributed by atoms with Crippen LogP contribution in [0.4, 0.5) is 10.2 Å². The Balaban J connectivity index is 1.73. The van der Waals surface area contributed by atoms with Crippen molar-refractivity contribution in [1.29, 1.82) is 0 Å². The molecule has 0 bridgehead atoms. The lowest BCUT2D eigenvalue weighted by atomic mass is 10.1. The number of alkyl halides is 1. The van der Waals surface area contributed by atoms with Gasteiger partial charge in [-0.15, -0.1) is 0 Å². The molecule has 1 aliphatic rings. The first kappa shape index (κ1) is 20.3. The molecule has 146 valence electrons. The van der Waals surface area contributed by atoms with Crippen LogP contribution in [-0.2, 0) is 4.79 Å². The van der Waals surface area contributed by atoms with Crippen LogP contribution in [-0.4, -0.2) is 41.6 Å². The summed E-state index contributed by atoms with van der Waals surface area (Å²) in [6, 6.07) is 7.96. The van der Waals surface area contributed by atoms with Gasteiger partial charge in [0.15, 0.2) is 0 Å². The highest BCUT2D eigenvalue weighted by molar-refractivity contribution is 8.10. The average Bonchev–Trinajstić information content (AvgIpc) is 2.69. The second-order valence-corrected chi connectivity index (χ2v) is 7.69. The maximum absolute atomic E-state index is 13.2. The topological polar surface area (TPSA) is 45.2 Å². The summed E-state index contributed by atoms with van der Waals surface area (Å²) in [5.41, 5.74) is 1.05. The Labute approximate surface area is 169 Å². The van der Waals surface area contributed by atoms with Crippen LogP contribution in [0.2, 0.25) is 0 Å². The second-order valence-electron chi connectivity index (χ2n) is 6.68. The number of halogens is 1. The van der Waals surface area contributed by atoms with Gasteiger partial charge in [-0.3, -0.25) is 9.69 Å². The monoisotopic (exact) mass is 397 g/mol. The molecule has 0 radical (unpaired) electrons. The SMILES string of the molecule is C=C/C=C(\SC=C)c1ccc2cnc(NC(=O)CN3CCC(F)CC3)cc2c1. The molecule has 4 nitrogen and oxygen atoms in total. The number of rotatable bonds is 7. The van der Waals surface area contributed by atoms with Crippen LogP contribution in [0.15, 0.2) is 61.2 Å². The number of allylic oxidation sites excluding steroid dienone is 2. The Morgan fingerprint density at radius 1 is 1.29 bits per heavy atom. The first-order valence-corrected chi connectivity index (χ1v) is 10.1. The number of carbonyl (C=O) groups excluding carboxylic acids is 1. The van der Waals surface area contributed by atoms with Gasteiger partial charge in [0.2, 0.25) is 5.91 Å². The van der Waals surface area contributed by atoms with E-state index in [1.165, 1.54) is 11.8 Å². The Hall–Kier alpha value is -2.44. The first-order valence-electron chi connectivity index (χ1n) is 9.26. The summed E-state index contributed by atoms with van der Waals surface area (Å²) in [5.74, 6) is 0.385. The van der Waals surface area contributed by atoms with Crippen molar-refractivity contribution in [2.24, 2.45) is 0 Å². The molecule has 28 heavy (non-hydrogen) atoms. The number of nitrogens with zero attached hydrogens (tertiary/aromatic N) is 2. The van der Waals surface area contributed by atoms with E-state index in [9.17, 15) is 9.18 Å². The lowest BCUT2D eigenvalue weighted by Gasteiger charge is -2.27. The zero-order chi connectivity index (χ0) is 19.9. The number of amides is 1. The number of nitrogens with one attached hydrogen (secondary N) is 1. The molecule has 0 saturated carbocycles. The van der Waals surface area contributed by atoms with E-state index in [1.807, 2.05) is 29.2 Å². The Kier molecular flexibility index (Phi) is 7.01. The van der Waals surface area contributed by atoms with Crippen LogP contribution >= 0.6 is 11.8 Å². The minimum Gasteiger partial charge on any atom is -0.310 e. The highest BCUT2D eigenvalue weighted by Crippen LogP contribution is 2.30. The van der Waals surface area contributed by atoms with Gasteiger partial charge < -0.3 is 5.32 Å². The normalized spacial score (nSPS) is 16.1. The number of likely N-dealkylation sites (tertiary alicyclic amines) is 1. The summed E-state index contributed by atoms with van der Waals surface area (Å²) >= 11 is 1.53. The van der Waals surface area contributed by atoms with Gasteiger partial charge in [-0.2, -0.15) is 0 Å². The molecular formula is C22H24FN3OS. The second kappa shape index (κ2) is 9.66. The molecule has 0 aliphatic carbocycles. The summed E-state index contributed by atoms with van der Waals surface area (Å²) in [7, 11) is 0. The van der Waals surface area contributed by atoms with Gasteiger partial charge in [0.25, 0.3) is 0 Å². The van der Waals surface area contributed by atoms with Crippen LogP contribution < -0.4 is 5.32 Å². The van der Waals surface area contributed by atoms with E-state index in [2.05, 4.69) is 29.5 Å². The van der Waals surface area contributed by atoms with Crippen LogP contribution in [0.5, 0.6) is 0 Å². The number of anilines is 1. The van der Waals surface area contributed by atoms with Gasteiger partial charge in [0.05, 0.1) is 6.54 Å². The molecule has 2 aromatic rings. The molecule has 2 heterocycles. The molecule has 3 rings (SSSR count). The van der Waals surface area contributed by atoms with E-state index < -0.39 is 6.17 Å². The van der Waals surface area contributed by atoms with Gasteiger partial charge in [0.1, 0.15) is 12.0 Å². The Morgan fingerprint density at radius 3 is 2.79 bits per heavy atom. The van der Waals surface area contributed by atoms with Gasteiger partial charge in [-0.05, 0) is 47.4 Å². The maximum Gasteiger partial charge on any atom is 0.239 e. The third-order valence-corrected chi connectivity index (χ3v) is 5.43. The van der Waals surface area contributed by atoms with Crippen molar-refractivity contribution in [2.45, 2.75) is 19.0 Å². The van der Waals surface area contributed by atoms with E-state index >= 15 is 0 Å². The average molecular weight is 398 g/mol. The van der Waals surface area contributed by atoms with Crippen molar-refractivity contribution >= 4 is 39.2 Å². The van der Waals surface area contributed by atoms with Crippen molar-refractivity contribution < 1.29 is 9.18 Å². The van der Waals surface area contributed by atoms with Crippen LogP contribution in [0.3, 0.4) is 0 Å². The lowest BCUT2D eigenvalue weighted by molar-refractivity contribution is -0.117. The highest BCUT2D eigenvalue weighted by Gasteiger charge is 2.20. The van der Waals surface area contributed by atoms with Crippen molar-refractivity contribution in [3.8, 4) is 0 Å². The van der Waals surface area contributed by atoms with Gasteiger partial charge in [-0.1, -0.05) is 43.1 Å². The fraction of sp³-hybridized carbons (Fsp3) is 0.273. The van der Waals surface area contributed by atoms with Crippen molar-refractivity contribution in [3.05, 3.63) is 66.7 Å². The predicted octanol–water partition coefficient (Wildman–Crippen LogP) is 5.01. The van der Waals surface area contributed by atoms with E-state index in [0.29, 0.717) is 31.7 Å². The van der Waals surface area contributed by atoms with E-state index in [0.717, 1.165) is 21.2 Å². The zero-order valence-corrected chi connectivity index (χ0v) is 16.6. The van der Waals surface area contributed by atoms with Crippen LogP contribution in [0.1, 0.15) is 18.4 Å². The number of hydrogen-bond donors (Lipinski definition) is 1. The molecule has 1 aromatic carbocycles. The Bertz CT molecular complexity index is 904. The third kappa shape index (κ3) is 5.30. The van der Waals surface area contributed by atoms with E-state index in [-0.39, 0.29) is 12.5 Å². The number of piperidine rings is 1. The summed E-state index contributed by atoms with van der Waals surface area (Å²) in [6.45, 7) is 9.02. The van der Waals surface area contributed by atoms with Crippen molar-refractivity contribution in [3.63, 3.8) is 0 Å². The summed E-state index contributed by atoms with van der Waals surface area (Å²) < 4.78 is 13.2. The van der Waals surface area contributed by atoms with Crippen molar-refractivity contribution in [1.82, 2.24) is 9.88 Å². The van der Waals surface area contributed by atoms with Crippen molar-refractivity contribution in [2.75, 3.05) is 25.0 Å². The number of fused-ring (bicyclic) bond motifs is 1. The number of hydrogen-bond acceptors (Lipinski definition) is 4. The minimum atomic E-state index is -0.741. The maximum atomic E-state index is 13.2. The molecule has 0 unspecified atom stereocenters. The molecule has 1 saturated heterocycles.